The van der Waals surface area contributed by atoms with E-state index in [1.165, 1.54) is 13.4 Å². The third-order valence-electron chi connectivity index (χ3n) is 4.49. The number of imidazole rings is 1. The number of hydrogen-bond donors (Lipinski definition) is 2. The van der Waals surface area contributed by atoms with Crippen molar-refractivity contribution >= 4 is 17.6 Å². The molecule has 4 rings (SSSR count). The number of nitrogen functional groups attached to an aromatic ring is 1. The van der Waals surface area contributed by atoms with Gasteiger partial charge < -0.3 is 15.8 Å². The largest absolute Gasteiger partial charge is 0.465 e. The molecule has 1 aromatic carbocycles. The molecule has 1 atom stereocenters. The Balaban J connectivity index is 1.85. The lowest BCUT2D eigenvalue weighted by Gasteiger charge is -2.05. The van der Waals surface area contributed by atoms with Crippen LogP contribution in [0, 0.1) is 0 Å². The number of rotatable bonds is 3. The molecule has 0 saturated carbocycles. The highest BCUT2D eigenvalue weighted by Crippen LogP contribution is 2.30. The Morgan fingerprint density at radius 2 is 2.12 bits per heavy atom. The summed E-state index contributed by atoms with van der Waals surface area (Å²) in [5.74, 6) is 0.931. The molecule has 1 aliphatic heterocycles. The van der Waals surface area contributed by atoms with Gasteiger partial charge in [0.1, 0.15) is 12.2 Å². The highest BCUT2D eigenvalue weighted by Gasteiger charge is 2.25. The third kappa shape index (κ3) is 2.60. The molecule has 25 heavy (non-hydrogen) atoms. The Hall–Kier alpha value is -3.00. The number of aromatic nitrogens is 4. The SMILES string of the molecule is COC(=O)c1ccc(-c2nc(C3CCNC3)c3ncnc(N)n23)cc1. The minimum Gasteiger partial charge on any atom is -0.465 e. The molecule has 0 aliphatic carbocycles. The van der Waals surface area contributed by atoms with Crippen molar-refractivity contribution in [3.8, 4) is 11.4 Å². The molecule has 1 fully saturated rings. The zero-order valence-electron chi connectivity index (χ0n) is 13.8. The van der Waals surface area contributed by atoms with E-state index in [1.54, 1.807) is 16.5 Å². The van der Waals surface area contributed by atoms with E-state index in [0.717, 1.165) is 36.4 Å². The smallest absolute Gasteiger partial charge is 0.337 e. The maximum absolute atomic E-state index is 11.6. The van der Waals surface area contributed by atoms with Crippen molar-refractivity contribution in [3.05, 3.63) is 41.9 Å². The van der Waals surface area contributed by atoms with Crippen molar-refractivity contribution in [1.29, 1.82) is 0 Å². The van der Waals surface area contributed by atoms with Crippen molar-refractivity contribution in [3.63, 3.8) is 0 Å². The summed E-state index contributed by atoms with van der Waals surface area (Å²) >= 11 is 0. The van der Waals surface area contributed by atoms with E-state index in [1.807, 2.05) is 12.1 Å². The van der Waals surface area contributed by atoms with E-state index < -0.39 is 0 Å². The number of esters is 1. The molecular formula is C17H18N6O2. The Morgan fingerprint density at radius 3 is 2.80 bits per heavy atom. The maximum atomic E-state index is 11.6. The second-order valence-corrected chi connectivity index (χ2v) is 5.97. The summed E-state index contributed by atoms with van der Waals surface area (Å²) in [7, 11) is 1.36. The van der Waals surface area contributed by atoms with Crippen molar-refractivity contribution in [1.82, 2.24) is 24.7 Å². The molecule has 2 aromatic heterocycles. The topological polar surface area (TPSA) is 107 Å². The Labute approximate surface area is 144 Å². The van der Waals surface area contributed by atoms with Crippen LogP contribution < -0.4 is 11.1 Å². The summed E-state index contributed by atoms with van der Waals surface area (Å²) < 4.78 is 6.50. The number of nitrogens with zero attached hydrogens (tertiary/aromatic N) is 4. The van der Waals surface area contributed by atoms with Crippen molar-refractivity contribution in [2.75, 3.05) is 25.9 Å². The molecule has 0 radical (unpaired) electrons. The number of nitrogens with two attached hydrogens (primary N) is 1. The molecule has 1 saturated heterocycles. The van der Waals surface area contributed by atoms with Gasteiger partial charge in [-0.15, -0.1) is 0 Å². The van der Waals surface area contributed by atoms with Crippen molar-refractivity contribution < 1.29 is 9.53 Å². The average Bonchev–Trinajstić information content (AvgIpc) is 3.29. The molecule has 3 aromatic rings. The summed E-state index contributed by atoms with van der Waals surface area (Å²) in [5, 5.41) is 3.35. The molecule has 0 amide bonds. The van der Waals surface area contributed by atoms with Crippen LogP contribution in [0.4, 0.5) is 5.95 Å². The molecule has 0 bridgehead atoms. The summed E-state index contributed by atoms with van der Waals surface area (Å²) in [6.45, 7) is 1.84. The number of fused-ring (bicyclic) bond motifs is 1. The van der Waals surface area contributed by atoms with Gasteiger partial charge in [0.25, 0.3) is 0 Å². The van der Waals surface area contributed by atoms with Gasteiger partial charge in [-0.25, -0.2) is 24.1 Å². The van der Waals surface area contributed by atoms with Gasteiger partial charge in [0.15, 0.2) is 5.65 Å². The quantitative estimate of drug-likeness (QED) is 0.692. The number of benzene rings is 1. The molecule has 1 unspecified atom stereocenters. The average molecular weight is 338 g/mol. The standard InChI is InChI=1S/C17H18N6O2/c1-25-16(24)11-4-2-10(3-5-11)14-22-13(12-6-7-19-8-12)15-20-9-21-17(18)23(14)15/h2-5,9,12,19H,6-8H2,1H3,(H2,18,20,21). The molecule has 1 aliphatic rings. The highest BCUT2D eigenvalue weighted by molar-refractivity contribution is 5.89. The lowest BCUT2D eigenvalue weighted by molar-refractivity contribution is 0.0601. The number of carbonyl (C=O) groups is 1. The van der Waals surface area contributed by atoms with E-state index in [9.17, 15) is 4.79 Å². The van der Waals surface area contributed by atoms with Crippen LogP contribution in [0.15, 0.2) is 30.6 Å². The molecule has 3 N–H and O–H groups in total. The van der Waals surface area contributed by atoms with Crippen LogP contribution in [-0.4, -0.2) is 45.5 Å². The van der Waals surface area contributed by atoms with Gasteiger partial charge in [-0.2, -0.15) is 0 Å². The summed E-state index contributed by atoms with van der Waals surface area (Å²) in [4.78, 5) is 24.9. The first-order valence-electron chi connectivity index (χ1n) is 8.07. The zero-order valence-corrected chi connectivity index (χ0v) is 13.8. The fraction of sp³-hybridized carbons (Fsp3) is 0.294. The first-order valence-corrected chi connectivity index (χ1v) is 8.07. The summed E-state index contributed by atoms with van der Waals surface area (Å²) in [6, 6.07) is 7.06. The van der Waals surface area contributed by atoms with Crippen molar-refractivity contribution in [2.24, 2.45) is 0 Å². The van der Waals surface area contributed by atoms with Crippen LogP contribution in [0.3, 0.4) is 0 Å². The number of nitrogens with one attached hydrogen (secondary N) is 1. The Morgan fingerprint density at radius 1 is 1.32 bits per heavy atom. The van der Waals surface area contributed by atoms with Crippen LogP contribution >= 0.6 is 0 Å². The van der Waals surface area contributed by atoms with Crippen LogP contribution in [0.1, 0.15) is 28.4 Å². The zero-order chi connectivity index (χ0) is 17.4. The summed E-state index contributed by atoms with van der Waals surface area (Å²) in [5.41, 5.74) is 9.06. The van der Waals surface area contributed by atoms with E-state index in [-0.39, 0.29) is 5.97 Å². The first kappa shape index (κ1) is 15.5. The monoisotopic (exact) mass is 338 g/mol. The molecular weight excluding hydrogens is 320 g/mol. The predicted octanol–water partition coefficient (Wildman–Crippen LogP) is 1.24. The van der Waals surface area contributed by atoms with Crippen LogP contribution in [0.2, 0.25) is 0 Å². The Kier molecular flexibility index (Phi) is 3.81. The van der Waals surface area contributed by atoms with Gasteiger partial charge in [-0.1, -0.05) is 12.1 Å². The lowest BCUT2D eigenvalue weighted by atomic mass is 10.1. The van der Waals surface area contributed by atoms with E-state index in [0.29, 0.717) is 23.3 Å². The minimum absolute atomic E-state index is 0.299. The molecule has 128 valence electrons. The normalized spacial score (nSPS) is 17.1. The second-order valence-electron chi connectivity index (χ2n) is 5.97. The van der Waals surface area contributed by atoms with Gasteiger partial charge in [-0.05, 0) is 25.1 Å². The first-order chi connectivity index (χ1) is 12.2. The second kappa shape index (κ2) is 6.14. The number of carbonyl (C=O) groups excluding carboxylic acids is 1. The van der Waals surface area contributed by atoms with Gasteiger partial charge in [0, 0.05) is 18.0 Å². The number of hydrogen-bond acceptors (Lipinski definition) is 7. The predicted molar refractivity (Wildman–Crippen MR) is 92.2 cm³/mol. The van der Waals surface area contributed by atoms with Crippen molar-refractivity contribution in [2.45, 2.75) is 12.3 Å². The number of anilines is 1. The van der Waals surface area contributed by atoms with E-state index in [2.05, 4.69) is 15.3 Å². The lowest BCUT2D eigenvalue weighted by Crippen LogP contribution is -2.09. The molecule has 3 heterocycles. The van der Waals surface area contributed by atoms with Gasteiger partial charge in [0.2, 0.25) is 5.95 Å². The fourth-order valence-electron chi connectivity index (χ4n) is 3.20. The molecule has 8 heteroatoms. The molecule has 0 spiro atoms. The minimum atomic E-state index is -0.375. The van der Waals surface area contributed by atoms with Crippen LogP contribution in [0.5, 0.6) is 0 Å². The van der Waals surface area contributed by atoms with Gasteiger partial charge >= 0.3 is 5.97 Å². The van der Waals surface area contributed by atoms with Crippen LogP contribution in [-0.2, 0) is 4.74 Å². The van der Waals surface area contributed by atoms with Crippen LogP contribution in [0.25, 0.3) is 17.0 Å². The van der Waals surface area contributed by atoms with Gasteiger partial charge in [-0.3, -0.25) is 0 Å². The highest BCUT2D eigenvalue weighted by atomic mass is 16.5. The van der Waals surface area contributed by atoms with E-state index in [4.69, 9.17) is 15.5 Å². The Bertz CT molecular complexity index is 928. The molecule has 8 nitrogen and oxygen atoms in total. The van der Waals surface area contributed by atoms with E-state index >= 15 is 0 Å². The van der Waals surface area contributed by atoms with Gasteiger partial charge in [0.05, 0.1) is 18.4 Å². The number of methoxy groups -OCH3 is 1. The fourth-order valence-corrected chi connectivity index (χ4v) is 3.20. The number of ether oxygens (including phenoxy) is 1. The maximum Gasteiger partial charge on any atom is 0.337 e. The summed E-state index contributed by atoms with van der Waals surface area (Å²) in [6.07, 6.45) is 2.47. The third-order valence-corrected chi connectivity index (χ3v) is 4.49.